The molecule has 2 aliphatic carbocycles. The Hall–Kier alpha value is -4.23. The van der Waals surface area contributed by atoms with Gasteiger partial charge in [0.05, 0.1) is 18.0 Å². The maximum Gasteiger partial charge on any atom is 0.248 e. The van der Waals surface area contributed by atoms with Crippen LogP contribution in [0, 0.1) is 17.2 Å². The standard InChI is InChI=1S/C29H33N7O3/c1-34-28(33)29(8-9-35-15-25(37)36-21(14-30)12-20-13-24(20)36)22-6-4-18(26(31)38)10-16(22)2-3-17-11-19(27(32)39)5-7-23(17)29/h4-7,10-11,20-21,24,35H,2-3,8-9,12-13,15H2,1H3,(H2,31,38)(H2,32,39)(H2,33,34)/t20-,21+,24+/m1/s1. The van der Waals surface area contributed by atoms with Gasteiger partial charge in [-0.15, -0.1) is 0 Å². The average Bonchev–Trinajstić information content (AvgIpc) is 3.62. The molecule has 0 radical (unpaired) electrons. The van der Waals surface area contributed by atoms with Gasteiger partial charge in [0.15, 0.2) is 0 Å². The molecule has 0 spiro atoms. The molecule has 202 valence electrons. The molecule has 3 atom stereocenters. The van der Waals surface area contributed by atoms with Crippen molar-refractivity contribution < 1.29 is 14.4 Å². The van der Waals surface area contributed by atoms with Gasteiger partial charge in [0.2, 0.25) is 17.7 Å². The number of benzene rings is 2. The van der Waals surface area contributed by atoms with E-state index in [9.17, 15) is 19.6 Å². The monoisotopic (exact) mass is 527 g/mol. The van der Waals surface area contributed by atoms with Gasteiger partial charge < -0.3 is 27.4 Å². The van der Waals surface area contributed by atoms with Crippen LogP contribution in [-0.2, 0) is 23.1 Å². The van der Waals surface area contributed by atoms with E-state index >= 15 is 0 Å². The maximum atomic E-state index is 13.0. The number of piperidine rings is 1. The number of carbonyl (C=O) groups is 3. The maximum absolute atomic E-state index is 13.0. The summed E-state index contributed by atoms with van der Waals surface area (Å²) in [6.45, 7) is 0.538. The zero-order valence-corrected chi connectivity index (χ0v) is 21.9. The molecule has 0 aromatic heterocycles. The Morgan fingerprint density at radius 2 is 1.62 bits per heavy atom. The van der Waals surface area contributed by atoms with Crippen LogP contribution in [0.15, 0.2) is 41.4 Å². The molecular formula is C29H33N7O3. The second kappa shape index (κ2) is 10.2. The molecule has 0 unspecified atom stereocenters. The van der Waals surface area contributed by atoms with Crippen LogP contribution in [0.2, 0.25) is 0 Å². The average molecular weight is 528 g/mol. The van der Waals surface area contributed by atoms with Gasteiger partial charge in [-0.25, -0.2) is 0 Å². The van der Waals surface area contributed by atoms with E-state index in [-0.39, 0.29) is 24.5 Å². The number of likely N-dealkylation sites (tertiary alicyclic amines) is 1. The van der Waals surface area contributed by atoms with E-state index in [4.69, 9.17) is 17.2 Å². The van der Waals surface area contributed by atoms with Gasteiger partial charge in [0, 0.05) is 24.2 Å². The number of amides is 3. The molecular weight excluding hydrogens is 494 g/mol. The van der Waals surface area contributed by atoms with Crippen LogP contribution in [0.3, 0.4) is 0 Å². The van der Waals surface area contributed by atoms with E-state index in [0.717, 1.165) is 35.1 Å². The van der Waals surface area contributed by atoms with Crippen molar-refractivity contribution in [2.75, 3.05) is 20.1 Å². The molecule has 10 nitrogen and oxygen atoms in total. The van der Waals surface area contributed by atoms with Crippen LogP contribution >= 0.6 is 0 Å². The highest BCUT2D eigenvalue weighted by molar-refractivity contribution is 5.98. The Balaban J connectivity index is 1.49. The van der Waals surface area contributed by atoms with E-state index in [2.05, 4.69) is 16.4 Å². The third kappa shape index (κ3) is 4.53. The van der Waals surface area contributed by atoms with Gasteiger partial charge in [-0.05, 0) is 91.1 Å². The molecule has 2 fully saturated rings. The van der Waals surface area contributed by atoms with E-state index in [1.165, 1.54) is 0 Å². The molecule has 1 aliphatic heterocycles. The second-order valence-electron chi connectivity index (χ2n) is 10.7. The smallest absolute Gasteiger partial charge is 0.248 e. The zero-order chi connectivity index (χ0) is 27.9. The van der Waals surface area contributed by atoms with Crippen LogP contribution in [0.1, 0.15) is 62.2 Å². The lowest BCUT2D eigenvalue weighted by molar-refractivity contribution is -0.131. The summed E-state index contributed by atoms with van der Waals surface area (Å²) in [5.74, 6) is -0.278. The van der Waals surface area contributed by atoms with E-state index in [0.29, 0.717) is 48.7 Å². The number of hydrogen-bond acceptors (Lipinski definition) is 6. The number of amidine groups is 1. The Morgan fingerprint density at radius 1 is 1.03 bits per heavy atom. The number of carbonyl (C=O) groups excluding carboxylic acids is 3. The van der Waals surface area contributed by atoms with Gasteiger partial charge >= 0.3 is 0 Å². The Labute approximate surface area is 227 Å². The van der Waals surface area contributed by atoms with Gasteiger partial charge in [0.1, 0.15) is 11.9 Å². The minimum atomic E-state index is -0.886. The summed E-state index contributed by atoms with van der Waals surface area (Å²) >= 11 is 0. The number of aliphatic imine (C=N–C) groups is 1. The number of fused-ring (bicyclic) bond motifs is 3. The van der Waals surface area contributed by atoms with Crippen LogP contribution < -0.4 is 22.5 Å². The lowest BCUT2D eigenvalue weighted by Gasteiger charge is -2.36. The Kier molecular flexibility index (Phi) is 6.87. The van der Waals surface area contributed by atoms with Gasteiger partial charge in [-0.1, -0.05) is 12.1 Å². The molecule has 7 N–H and O–H groups in total. The normalized spacial score (nSPS) is 22.6. The summed E-state index contributed by atoms with van der Waals surface area (Å²) in [4.78, 5) is 43.1. The summed E-state index contributed by atoms with van der Waals surface area (Å²) in [5, 5.41) is 12.7. The number of rotatable bonds is 8. The predicted octanol–water partition coefficient (Wildman–Crippen LogP) is 0.749. The number of nitrogens with one attached hydrogen (secondary N) is 1. The molecule has 5 rings (SSSR count). The number of nitrogens with two attached hydrogens (primary N) is 3. The van der Waals surface area contributed by atoms with Crippen molar-refractivity contribution >= 4 is 23.6 Å². The lowest BCUT2D eigenvalue weighted by Crippen LogP contribution is -2.47. The highest BCUT2D eigenvalue weighted by atomic mass is 16.2. The highest BCUT2D eigenvalue weighted by Gasteiger charge is 2.54. The summed E-state index contributed by atoms with van der Waals surface area (Å²) in [7, 11) is 1.63. The first-order chi connectivity index (χ1) is 18.7. The first-order valence-corrected chi connectivity index (χ1v) is 13.2. The van der Waals surface area contributed by atoms with Crippen molar-refractivity contribution in [2.45, 2.75) is 49.6 Å². The minimum Gasteiger partial charge on any atom is -0.386 e. The molecule has 3 aliphatic rings. The number of nitriles is 1. The number of aryl methyl sites for hydroxylation is 2. The molecule has 3 amide bonds. The number of primary amides is 2. The first-order valence-electron chi connectivity index (χ1n) is 13.2. The lowest BCUT2D eigenvalue weighted by atomic mass is 9.68. The fourth-order valence-electron chi connectivity index (χ4n) is 6.51. The predicted molar refractivity (Wildman–Crippen MR) is 146 cm³/mol. The fourth-order valence-corrected chi connectivity index (χ4v) is 6.51. The Bertz CT molecular complexity index is 1360. The van der Waals surface area contributed by atoms with Gasteiger partial charge in [-0.3, -0.25) is 19.4 Å². The zero-order valence-electron chi connectivity index (χ0n) is 21.9. The van der Waals surface area contributed by atoms with Crippen LogP contribution in [0.4, 0.5) is 0 Å². The summed E-state index contributed by atoms with van der Waals surface area (Å²) in [6, 6.07) is 12.9. The molecule has 2 aromatic carbocycles. The van der Waals surface area contributed by atoms with Crippen LogP contribution in [0.5, 0.6) is 0 Å². The van der Waals surface area contributed by atoms with Crippen molar-refractivity contribution in [2.24, 2.45) is 28.1 Å². The third-order valence-electron chi connectivity index (χ3n) is 8.54. The van der Waals surface area contributed by atoms with Gasteiger partial charge in [-0.2, -0.15) is 5.26 Å². The van der Waals surface area contributed by atoms with Crippen molar-refractivity contribution in [3.63, 3.8) is 0 Å². The quantitative estimate of drug-likeness (QED) is 0.223. The fraction of sp³-hybridized carbons (Fsp3) is 0.414. The number of hydrogen-bond donors (Lipinski definition) is 4. The molecule has 1 heterocycles. The van der Waals surface area contributed by atoms with Crippen LogP contribution in [0.25, 0.3) is 0 Å². The highest BCUT2D eigenvalue weighted by Crippen LogP contribution is 2.47. The first kappa shape index (κ1) is 26.4. The molecule has 0 bridgehead atoms. The van der Waals surface area contributed by atoms with Crippen molar-refractivity contribution in [3.05, 3.63) is 69.8 Å². The minimum absolute atomic E-state index is 0.0726. The largest absolute Gasteiger partial charge is 0.386 e. The molecule has 39 heavy (non-hydrogen) atoms. The summed E-state index contributed by atoms with van der Waals surface area (Å²) in [6.07, 6.45) is 3.40. The molecule has 1 saturated heterocycles. The topological polar surface area (TPSA) is 181 Å². The van der Waals surface area contributed by atoms with Crippen LogP contribution in [-0.4, -0.2) is 60.7 Å². The number of nitrogens with zero attached hydrogens (tertiary/aromatic N) is 3. The van der Waals surface area contributed by atoms with E-state index in [1.807, 2.05) is 12.1 Å². The third-order valence-corrected chi connectivity index (χ3v) is 8.54. The van der Waals surface area contributed by atoms with Crippen molar-refractivity contribution in [3.8, 4) is 6.07 Å². The van der Waals surface area contributed by atoms with E-state index in [1.54, 1.807) is 36.2 Å². The van der Waals surface area contributed by atoms with E-state index < -0.39 is 17.2 Å². The van der Waals surface area contributed by atoms with Crippen molar-refractivity contribution in [1.29, 1.82) is 5.26 Å². The molecule has 2 aromatic rings. The SMILES string of the molecule is CN=C(N)C1(CCNCC(=O)N2[C@H](C#N)C[C@@H]3C[C@@H]32)c2ccc(C(N)=O)cc2CCc2cc(C(N)=O)ccc21. The molecule has 10 heteroatoms. The Morgan fingerprint density at radius 3 is 2.13 bits per heavy atom. The summed E-state index contributed by atoms with van der Waals surface area (Å²) in [5.41, 5.74) is 21.4. The van der Waals surface area contributed by atoms with Gasteiger partial charge in [0.25, 0.3) is 0 Å². The second-order valence-corrected chi connectivity index (χ2v) is 10.7. The summed E-state index contributed by atoms with van der Waals surface area (Å²) < 4.78 is 0. The molecule has 1 saturated carbocycles. The van der Waals surface area contributed by atoms with Crippen molar-refractivity contribution in [1.82, 2.24) is 10.2 Å².